The van der Waals surface area contributed by atoms with E-state index in [2.05, 4.69) is 79.7 Å². The van der Waals surface area contributed by atoms with Crippen LogP contribution in [0.4, 0.5) is 4.79 Å². The Balaban J connectivity index is 1.17. The van der Waals surface area contributed by atoms with Crippen molar-refractivity contribution in [3.63, 3.8) is 0 Å². The number of rotatable bonds is 4. The topological polar surface area (TPSA) is 49.8 Å². The molecular formula is C30H31NO3. The zero-order valence-corrected chi connectivity index (χ0v) is 19.6. The molecule has 2 fully saturated rings. The van der Waals surface area contributed by atoms with Crippen molar-refractivity contribution in [2.45, 2.75) is 62.6 Å². The van der Waals surface area contributed by atoms with Gasteiger partial charge in [0.15, 0.2) is 0 Å². The highest BCUT2D eigenvalue weighted by atomic mass is 16.6. The van der Waals surface area contributed by atoms with E-state index in [0.717, 1.165) is 24.8 Å². The lowest BCUT2D eigenvalue weighted by Crippen LogP contribution is -2.52. The van der Waals surface area contributed by atoms with Crippen LogP contribution in [0.1, 0.15) is 60.8 Å². The number of benzene rings is 3. The van der Waals surface area contributed by atoms with Crippen molar-refractivity contribution in [3.05, 3.63) is 95.1 Å². The molecule has 2 unspecified atom stereocenters. The van der Waals surface area contributed by atoms with E-state index < -0.39 is 5.60 Å². The SMILES string of the molecule is CCc1ccc(C2(O)CC3CCC(C2)N3C(=O)OCC2c3ccccc3-c3ccccc32)cc1. The molecule has 1 aliphatic carbocycles. The van der Waals surface area contributed by atoms with Crippen molar-refractivity contribution in [2.24, 2.45) is 0 Å². The van der Waals surface area contributed by atoms with Gasteiger partial charge in [0.25, 0.3) is 0 Å². The first-order valence-corrected chi connectivity index (χ1v) is 12.5. The normalized spacial score (nSPS) is 25.2. The van der Waals surface area contributed by atoms with E-state index in [9.17, 15) is 9.90 Å². The third-order valence-electron chi connectivity index (χ3n) is 8.21. The van der Waals surface area contributed by atoms with Gasteiger partial charge in [0, 0.05) is 30.8 Å². The van der Waals surface area contributed by atoms with Crippen LogP contribution >= 0.6 is 0 Å². The van der Waals surface area contributed by atoms with Crippen LogP contribution in [0.3, 0.4) is 0 Å². The Labute approximate surface area is 201 Å². The predicted molar refractivity (Wildman–Crippen MR) is 133 cm³/mol. The standard InChI is InChI=1S/C30H31NO3/c1-2-20-11-13-21(14-12-20)30(33)17-22-15-16-23(18-30)31(22)29(32)34-19-28-26-9-5-3-7-24(26)25-8-4-6-10-27(25)28/h3-14,22-23,28,33H,2,15-19H2,1H3. The number of carbonyl (C=O) groups excluding carboxylic acids is 1. The predicted octanol–water partition coefficient (Wildman–Crippen LogP) is 6.01. The van der Waals surface area contributed by atoms with Crippen molar-refractivity contribution < 1.29 is 14.6 Å². The van der Waals surface area contributed by atoms with Crippen LogP contribution in [-0.2, 0) is 16.8 Å². The summed E-state index contributed by atoms with van der Waals surface area (Å²) in [5.74, 6) is 0.0628. The summed E-state index contributed by atoms with van der Waals surface area (Å²) in [6.45, 7) is 2.47. The van der Waals surface area contributed by atoms with Gasteiger partial charge in [-0.15, -0.1) is 0 Å². The molecule has 1 N–H and O–H groups in total. The number of aliphatic hydroxyl groups is 1. The summed E-state index contributed by atoms with van der Waals surface area (Å²) in [6, 6.07) is 25.2. The third-order valence-corrected chi connectivity index (χ3v) is 8.21. The number of carbonyl (C=O) groups is 1. The number of fused-ring (bicyclic) bond motifs is 5. The number of hydrogen-bond donors (Lipinski definition) is 1. The lowest BCUT2D eigenvalue weighted by Gasteiger charge is -2.43. The number of piperidine rings is 1. The second-order valence-electron chi connectivity index (χ2n) is 10.1. The summed E-state index contributed by atoms with van der Waals surface area (Å²) < 4.78 is 5.97. The van der Waals surface area contributed by atoms with Crippen LogP contribution in [0.2, 0.25) is 0 Å². The average molecular weight is 454 g/mol. The smallest absolute Gasteiger partial charge is 0.410 e. The van der Waals surface area contributed by atoms with Crippen LogP contribution in [0.15, 0.2) is 72.8 Å². The van der Waals surface area contributed by atoms with E-state index in [1.807, 2.05) is 4.90 Å². The molecule has 2 bridgehead atoms. The Morgan fingerprint density at radius 3 is 2.03 bits per heavy atom. The summed E-state index contributed by atoms with van der Waals surface area (Å²) in [5, 5.41) is 11.5. The van der Waals surface area contributed by atoms with E-state index in [4.69, 9.17) is 4.74 Å². The molecule has 4 heteroatoms. The van der Waals surface area contributed by atoms with Crippen LogP contribution in [0, 0.1) is 0 Å². The molecular weight excluding hydrogens is 422 g/mol. The summed E-state index contributed by atoms with van der Waals surface area (Å²) in [7, 11) is 0. The van der Waals surface area contributed by atoms with E-state index in [1.165, 1.54) is 27.8 Å². The Morgan fingerprint density at radius 2 is 1.47 bits per heavy atom. The molecule has 6 rings (SSSR count). The fourth-order valence-electron chi connectivity index (χ4n) is 6.48. The molecule has 3 aliphatic rings. The second-order valence-corrected chi connectivity index (χ2v) is 10.1. The van der Waals surface area contributed by atoms with Gasteiger partial charge in [-0.2, -0.15) is 0 Å². The van der Waals surface area contributed by atoms with Crippen LogP contribution in [0.25, 0.3) is 11.1 Å². The third kappa shape index (κ3) is 3.43. The molecule has 174 valence electrons. The van der Waals surface area contributed by atoms with Gasteiger partial charge >= 0.3 is 6.09 Å². The van der Waals surface area contributed by atoms with Gasteiger partial charge in [-0.05, 0) is 52.6 Å². The molecule has 0 spiro atoms. The Kier molecular flexibility index (Phi) is 5.22. The fraction of sp³-hybridized carbons (Fsp3) is 0.367. The van der Waals surface area contributed by atoms with Gasteiger partial charge in [0.2, 0.25) is 0 Å². The molecule has 2 saturated heterocycles. The molecule has 3 aromatic rings. The Hall–Kier alpha value is -3.11. The molecule has 0 saturated carbocycles. The average Bonchev–Trinajstić information content (AvgIpc) is 3.34. The van der Waals surface area contributed by atoms with Crippen LogP contribution in [-0.4, -0.2) is 34.8 Å². The largest absolute Gasteiger partial charge is 0.448 e. The molecule has 2 heterocycles. The molecule has 2 atom stereocenters. The van der Waals surface area contributed by atoms with Gasteiger partial charge in [-0.1, -0.05) is 79.7 Å². The summed E-state index contributed by atoms with van der Waals surface area (Å²) in [6.07, 6.45) is 3.73. The van der Waals surface area contributed by atoms with Gasteiger partial charge in [-0.25, -0.2) is 4.79 Å². The molecule has 2 aliphatic heterocycles. The number of amides is 1. The highest BCUT2D eigenvalue weighted by molar-refractivity contribution is 5.79. The first-order chi connectivity index (χ1) is 16.6. The van der Waals surface area contributed by atoms with E-state index in [-0.39, 0.29) is 24.1 Å². The zero-order valence-electron chi connectivity index (χ0n) is 19.6. The van der Waals surface area contributed by atoms with Gasteiger partial charge < -0.3 is 14.7 Å². The van der Waals surface area contributed by atoms with Crippen molar-refractivity contribution in [2.75, 3.05) is 6.61 Å². The van der Waals surface area contributed by atoms with Crippen molar-refractivity contribution >= 4 is 6.09 Å². The molecule has 4 nitrogen and oxygen atoms in total. The Bertz CT molecular complexity index is 1160. The minimum atomic E-state index is -0.877. The minimum Gasteiger partial charge on any atom is -0.448 e. The molecule has 0 aromatic heterocycles. The maximum absolute atomic E-state index is 13.3. The molecule has 34 heavy (non-hydrogen) atoms. The molecule has 0 radical (unpaired) electrons. The van der Waals surface area contributed by atoms with E-state index in [0.29, 0.717) is 19.4 Å². The lowest BCUT2D eigenvalue weighted by molar-refractivity contribution is -0.0531. The first kappa shape index (κ1) is 21.4. The van der Waals surface area contributed by atoms with Crippen molar-refractivity contribution in [1.29, 1.82) is 0 Å². The van der Waals surface area contributed by atoms with Gasteiger partial charge in [-0.3, -0.25) is 0 Å². The number of ether oxygens (including phenoxy) is 1. The maximum Gasteiger partial charge on any atom is 0.410 e. The lowest BCUT2D eigenvalue weighted by atomic mass is 9.80. The molecule has 1 amide bonds. The number of hydrogen-bond acceptors (Lipinski definition) is 3. The highest BCUT2D eigenvalue weighted by Gasteiger charge is 2.50. The number of nitrogens with zero attached hydrogens (tertiary/aromatic N) is 1. The summed E-state index contributed by atoms with van der Waals surface area (Å²) in [5.41, 5.74) is 6.28. The van der Waals surface area contributed by atoms with Gasteiger partial charge in [0.05, 0.1) is 5.60 Å². The monoisotopic (exact) mass is 453 g/mol. The van der Waals surface area contributed by atoms with Crippen LogP contribution in [0.5, 0.6) is 0 Å². The summed E-state index contributed by atoms with van der Waals surface area (Å²) in [4.78, 5) is 15.2. The second kappa shape index (κ2) is 8.28. The first-order valence-electron chi connectivity index (χ1n) is 12.5. The fourth-order valence-corrected chi connectivity index (χ4v) is 6.48. The minimum absolute atomic E-state index is 0.0188. The van der Waals surface area contributed by atoms with Crippen LogP contribution < -0.4 is 0 Å². The Morgan fingerprint density at radius 1 is 0.912 bits per heavy atom. The summed E-state index contributed by atoms with van der Waals surface area (Å²) >= 11 is 0. The van der Waals surface area contributed by atoms with Gasteiger partial charge in [0.1, 0.15) is 6.61 Å². The van der Waals surface area contributed by atoms with Crippen molar-refractivity contribution in [1.82, 2.24) is 4.90 Å². The van der Waals surface area contributed by atoms with Crippen molar-refractivity contribution in [3.8, 4) is 11.1 Å². The maximum atomic E-state index is 13.3. The zero-order chi connectivity index (χ0) is 23.3. The quantitative estimate of drug-likeness (QED) is 0.526. The van der Waals surface area contributed by atoms with E-state index in [1.54, 1.807) is 0 Å². The molecule has 3 aromatic carbocycles. The number of aryl methyl sites for hydroxylation is 1. The highest BCUT2D eigenvalue weighted by Crippen LogP contribution is 2.47. The van der Waals surface area contributed by atoms with E-state index >= 15 is 0 Å².